The van der Waals surface area contributed by atoms with Crippen molar-refractivity contribution in [3.05, 3.63) is 29.6 Å². The van der Waals surface area contributed by atoms with Crippen molar-refractivity contribution in [1.82, 2.24) is 0 Å². The van der Waals surface area contributed by atoms with Crippen LogP contribution in [0, 0.1) is 11.7 Å². The van der Waals surface area contributed by atoms with E-state index in [2.05, 4.69) is 0 Å². The summed E-state index contributed by atoms with van der Waals surface area (Å²) in [6.45, 7) is 0. The van der Waals surface area contributed by atoms with Crippen molar-refractivity contribution in [2.24, 2.45) is 5.92 Å². The summed E-state index contributed by atoms with van der Waals surface area (Å²) in [5.41, 5.74) is 0.405. The Morgan fingerprint density at radius 1 is 1.38 bits per heavy atom. The Morgan fingerprint density at radius 3 is 2.75 bits per heavy atom. The molecule has 86 valence electrons. The van der Waals surface area contributed by atoms with Gasteiger partial charge in [0.15, 0.2) is 0 Å². The zero-order valence-corrected chi connectivity index (χ0v) is 9.93. The number of carbonyl (C=O) groups is 1. The van der Waals surface area contributed by atoms with Crippen molar-refractivity contribution in [3.8, 4) is 0 Å². The van der Waals surface area contributed by atoms with Crippen molar-refractivity contribution >= 4 is 18.0 Å². The van der Waals surface area contributed by atoms with Gasteiger partial charge in [-0.15, -0.1) is 11.8 Å². The molecular weight excluding hydrogens is 223 g/mol. The van der Waals surface area contributed by atoms with E-state index in [1.54, 1.807) is 23.9 Å². The molecule has 0 aliphatic heterocycles. The van der Waals surface area contributed by atoms with Crippen molar-refractivity contribution in [1.29, 1.82) is 0 Å². The third-order valence-corrected chi connectivity index (χ3v) is 4.32. The maximum Gasteiger partial charge on any atom is 0.150 e. The quantitative estimate of drug-likeness (QED) is 0.584. The second kappa shape index (κ2) is 5.48. The van der Waals surface area contributed by atoms with E-state index < -0.39 is 0 Å². The fraction of sp³-hybridized carbons (Fsp3) is 0.462. The van der Waals surface area contributed by atoms with Gasteiger partial charge in [0.2, 0.25) is 0 Å². The summed E-state index contributed by atoms with van der Waals surface area (Å²) < 4.78 is 13.5. The van der Waals surface area contributed by atoms with E-state index in [-0.39, 0.29) is 5.82 Å². The predicted octanol–water partition coefficient (Wildman–Crippen LogP) is 3.92. The summed E-state index contributed by atoms with van der Waals surface area (Å²) in [7, 11) is 0. The molecule has 0 amide bonds. The lowest BCUT2D eigenvalue weighted by atomic mass is 10.1. The van der Waals surface area contributed by atoms with Gasteiger partial charge in [-0.3, -0.25) is 4.79 Å². The fourth-order valence-electron chi connectivity index (χ4n) is 2.09. The number of hydrogen-bond acceptors (Lipinski definition) is 2. The lowest BCUT2D eigenvalue weighted by Gasteiger charge is -2.08. The molecule has 0 radical (unpaired) electrons. The maximum atomic E-state index is 13.5. The Balaban J connectivity index is 1.95. The molecule has 1 fully saturated rings. The van der Waals surface area contributed by atoms with E-state index in [9.17, 15) is 9.18 Å². The number of carbonyl (C=O) groups excluding carboxylic acids is 1. The van der Waals surface area contributed by atoms with Gasteiger partial charge < -0.3 is 0 Å². The Morgan fingerprint density at radius 2 is 2.12 bits per heavy atom. The number of benzene rings is 1. The van der Waals surface area contributed by atoms with Gasteiger partial charge in [-0.2, -0.15) is 0 Å². The summed E-state index contributed by atoms with van der Waals surface area (Å²) in [5, 5.41) is 0. The minimum absolute atomic E-state index is 0.271. The standard InChI is InChI=1S/C13H15FOS/c14-12-7-11(8-15)5-6-13(12)16-9-10-3-1-2-4-10/h5-8,10H,1-4,9H2. The molecule has 16 heavy (non-hydrogen) atoms. The first kappa shape index (κ1) is 11.6. The highest BCUT2D eigenvalue weighted by Crippen LogP contribution is 2.32. The summed E-state index contributed by atoms with van der Waals surface area (Å²) in [5.74, 6) is 1.47. The number of thioether (sulfide) groups is 1. The van der Waals surface area contributed by atoms with Crippen LogP contribution in [0.25, 0.3) is 0 Å². The first-order chi connectivity index (χ1) is 7.79. The molecule has 2 rings (SSSR count). The minimum Gasteiger partial charge on any atom is -0.298 e. The van der Waals surface area contributed by atoms with Gasteiger partial charge >= 0.3 is 0 Å². The Hall–Kier alpha value is -0.830. The molecule has 0 saturated heterocycles. The van der Waals surface area contributed by atoms with Crippen LogP contribution in [0.5, 0.6) is 0 Å². The van der Waals surface area contributed by atoms with Crippen molar-refractivity contribution in [2.45, 2.75) is 30.6 Å². The number of halogens is 1. The molecule has 0 atom stereocenters. The predicted molar refractivity (Wildman–Crippen MR) is 64.5 cm³/mol. The lowest BCUT2D eigenvalue weighted by molar-refractivity contribution is 0.112. The molecule has 0 spiro atoms. The first-order valence-corrected chi connectivity index (χ1v) is 6.65. The van der Waals surface area contributed by atoms with E-state index in [1.807, 2.05) is 0 Å². The largest absolute Gasteiger partial charge is 0.298 e. The third-order valence-electron chi connectivity index (χ3n) is 3.04. The molecular formula is C13H15FOS. The average molecular weight is 238 g/mol. The van der Waals surface area contributed by atoms with Crippen LogP contribution in [0.1, 0.15) is 36.0 Å². The molecule has 0 N–H and O–H groups in total. The lowest BCUT2D eigenvalue weighted by Crippen LogP contribution is -1.97. The van der Waals surface area contributed by atoms with Crippen LogP contribution >= 0.6 is 11.8 Å². The molecule has 0 heterocycles. The van der Waals surface area contributed by atoms with Gasteiger partial charge in [-0.05, 0) is 30.9 Å². The number of hydrogen-bond donors (Lipinski definition) is 0. The highest BCUT2D eigenvalue weighted by atomic mass is 32.2. The van der Waals surface area contributed by atoms with Crippen molar-refractivity contribution < 1.29 is 9.18 Å². The molecule has 1 aromatic rings. The summed E-state index contributed by atoms with van der Waals surface area (Å²) in [4.78, 5) is 11.1. The summed E-state index contributed by atoms with van der Waals surface area (Å²) in [6, 6.07) is 4.69. The van der Waals surface area contributed by atoms with Gasteiger partial charge in [0.25, 0.3) is 0 Å². The SMILES string of the molecule is O=Cc1ccc(SCC2CCCC2)c(F)c1. The van der Waals surface area contributed by atoms with E-state index in [0.29, 0.717) is 16.7 Å². The molecule has 0 bridgehead atoms. The van der Waals surface area contributed by atoms with E-state index in [1.165, 1.54) is 31.7 Å². The van der Waals surface area contributed by atoms with Gasteiger partial charge in [0.1, 0.15) is 12.1 Å². The normalized spacial score (nSPS) is 16.6. The average Bonchev–Trinajstić information content (AvgIpc) is 2.80. The van der Waals surface area contributed by atoms with E-state index >= 15 is 0 Å². The summed E-state index contributed by atoms with van der Waals surface area (Å²) >= 11 is 1.57. The minimum atomic E-state index is -0.271. The molecule has 1 aromatic carbocycles. The van der Waals surface area contributed by atoms with Crippen LogP contribution in [0.3, 0.4) is 0 Å². The zero-order chi connectivity index (χ0) is 11.4. The molecule has 0 aromatic heterocycles. The molecule has 1 saturated carbocycles. The van der Waals surface area contributed by atoms with Gasteiger partial charge in [-0.25, -0.2) is 4.39 Å². The first-order valence-electron chi connectivity index (χ1n) is 5.67. The van der Waals surface area contributed by atoms with Crippen LogP contribution < -0.4 is 0 Å². The second-order valence-corrected chi connectivity index (χ2v) is 5.33. The van der Waals surface area contributed by atoms with Crippen molar-refractivity contribution in [3.63, 3.8) is 0 Å². The summed E-state index contributed by atoms with van der Waals surface area (Å²) in [6.07, 6.45) is 5.87. The van der Waals surface area contributed by atoms with Gasteiger partial charge in [0, 0.05) is 16.2 Å². The number of rotatable bonds is 4. The Labute approximate surface area is 99.4 Å². The molecule has 3 heteroatoms. The van der Waals surface area contributed by atoms with Crippen molar-refractivity contribution in [2.75, 3.05) is 5.75 Å². The topological polar surface area (TPSA) is 17.1 Å². The molecule has 1 aliphatic carbocycles. The second-order valence-electron chi connectivity index (χ2n) is 4.27. The smallest absolute Gasteiger partial charge is 0.150 e. The molecule has 1 nitrogen and oxygen atoms in total. The number of aldehydes is 1. The zero-order valence-electron chi connectivity index (χ0n) is 9.12. The van der Waals surface area contributed by atoms with E-state index in [0.717, 1.165) is 11.7 Å². The Bertz CT molecular complexity index is 372. The van der Waals surface area contributed by atoms with E-state index in [4.69, 9.17) is 0 Å². The Kier molecular flexibility index (Phi) is 3.99. The van der Waals surface area contributed by atoms with Crippen LogP contribution in [-0.2, 0) is 0 Å². The van der Waals surface area contributed by atoms with Crippen LogP contribution in [0.15, 0.2) is 23.1 Å². The van der Waals surface area contributed by atoms with Crippen LogP contribution in [0.2, 0.25) is 0 Å². The van der Waals surface area contributed by atoms with Crippen LogP contribution in [-0.4, -0.2) is 12.0 Å². The monoisotopic (exact) mass is 238 g/mol. The van der Waals surface area contributed by atoms with Crippen LogP contribution in [0.4, 0.5) is 4.39 Å². The highest BCUT2D eigenvalue weighted by Gasteiger charge is 2.15. The fourth-order valence-corrected chi connectivity index (χ4v) is 3.20. The maximum absolute atomic E-state index is 13.5. The highest BCUT2D eigenvalue weighted by molar-refractivity contribution is 7.99. The molecule has 1 aliphatic rings. The van der Waals surface area contributed by atoms with Gasteiger partial charge in [0.05, 0.1) is 0 Å². The molecule has 0 unspecified atom stereocenters. The third kappa shape index (κ3) is 2.85. The van der Waals surface area contributed by atoms with Gasteiger partial charge in [-0.1, -0.05) is 18.9 Å².